The van der Waals surface area contributed by atoms with Crippen LogP contribution in [0.5, 0.6) is 0 Å². The first-order valence-electron chi connectivity index (χ1n) is 7.92. The van der Waals surface area contributed by atoms with E-state index in [1.165, 1.54) is 37.0 Å². The smallest absolute Gasteiger partial charge is 0.128 e. The van der Waals surface area contributed by atoms with E-state index in [4.69, 9.17) is 16.6 Å². The first kappa shape index (κ1) is 14.9. The van der Waals surface area contributed by atoms with Gasteiger partial charge in [-0.05, 0) is 58.3 Å². The van der Waals surface area contributed by atoms with Gasteiger partial charge in [0.25, 0.3) is 0 Å². The monoisotopic (exact) mass is 305 g/mol. The van der Waals surface area contributed by atoms with Crippen LogP contribution in [0.1, 0.15) is 49.5 Å². The van der Waals surface area contributed by atoms with Crippen LogP contribution in [-0.2, 0) is 0 Å². The number of hydrogen-bond acceptors (Lipinski definition) is 2. The molecule has 2 unspecified atom stereocenters. The van der Waals surface area contributed by atoms with Crippen molar-refractivity contribution in [3.8, 4) is 0 Å². The molecule has 2 heterocycles. The van der Waals surface area contributed by atoms with Gasteiger partial charge in [-0.3, -0.25) is 0 Å². The van der Waals surface area contributed by atoms with Crippen molar-refractivity contribution in [1.29, 1.82) is 0 Å². The molecular formula is C17H24ClN3. The van der Waals surface area contributed by atoms with E-state index in [2.05, 4.69) is 41.5 Å². The number of alkyl halides is 1. The van der Waals surface area contributed by atoms with E-state index in [0.29, 0.717) is 6.04 Å². The van der Waals surface area contributed by atoms with Crippen LogP contribution >= 0.6 is 11.6 Å². The Kier molecular flexibility index (Phi) is 4.23. The van der Waals surface area contributed by atoms with Crippen molar-refractivity contribution >= 4 is 22.6 Å². The molecule has 4 heteroatoms. The third-order valence-electron chi connectivity index (χ3n) is 4.46. The van der Waals surface area contributed by atoms with Crippen LogP contribution in [0.4, 0.5) is 0 Å². The number of nitrogens with zero attached hydrogens (tertiary/aromatic N) is 3. The quantitative estimate of drug-likeness (QED) is 0.785. The summed E-state index contributed by atoms with van der Waals surface area (Å²) in [6, 6.07) is 6.71. The lowest BCUT2D eigenvalue weighted by Crippen LogP contribution is -2.28. The summed E-state index contributed by atoms with van der Waals surface area (Å²) in [6.07, 6.45) is 2.66. The minimum Gasteiger partial charge on any atom is -0.322 e. The summed E-state index contributed by atoms with van der Waals surface area (Å²) in [6.45, 7) is 9.98. The van der Waals surface area contributed by atoms with E-state index in [1.807, 2.05) is 6.92 Å². The number of imidazole rings is 1. The second kappa shape index (κ2) is 5.98. The second-order valence-electron chi connectivity index (χ2n) is 6.26. The van der Waals surface area contributed by atoms with Crippen molar-refractivity contribution < 1.29 is 0 Å². The molecule has 3 nitrogen and oxygen atoms in total. The standard InChI is InChI=1S/C17H24ClN3/c1-12-7-6-8-15-16(12)21(17(19-15)14(3)18)13(2)11-20-9-4-5-10-20/h6-8,13-14H,4-5,9-11H2,1-3H3. The fourth-order valence-electron chi connectivity index (χ4n) is 3.49. The van der Waals surface area contributed by atoms with E-state index < -0.39 is 0 Å². The molecule has 1 aliphatic heterocycles. The van der Waals surface area contributed by atoms with Gasteiger partial charge in [-0.1, -0.05) is 12.1 Å². The summed E-state index contributed by atoms with van der Waals surface area (Å²) in [4.78, 5) is 7.33. The van der Waals surface area contributed by atoms with Crippen molar-refractivity contribution in [3.05, 3.63) is 29.6 Å². The third-order valence-corrected chi connectivity index (χ3v) is 4.65. The van der Waals surface area contributed by atoms with Crippen LogP contribution in [0.3, 0.4) is 0 Å². The molecule has 1 fully saturated rings. The molecule has 3 rings (SSSR count). The molecule has 2 aromatic rings. The Hall–Kier alpha value is -1.06. The van der Waals surface area contributed by atoms with E-state index >= 15 is 0 Å². The molecule has 2 atom stereocenters. The van der Waals surface area contributed by atoms with Gasteiger partial charge >= 0.3 is 0 Å². The highest BCUT2D eigenvalue weighted by atomic mass is 35.5. The molecule has 0 amide bonds. The van der Waals surface area contributed by atoms with Crippen molar-refractivity contribution in [3.63, 3.8) is 0 Å². The van der Waals surface area contributed by atoms with E-state index in [9.17, 15) is 0 Å². The Balaban J connectivity index is 2.03. The molecule has 0 aliphatic carbocycles. The Labute approximate surface area is 131 Å². The SMILES string of the molecule is Cc1cccc2nc(C(C)Cl)n(C(C)CN3CCCC3)c12. The highest BCUT2D eigenvalue weighted by Gasteiger charge is 2.22. The molecule has 0 radical (unpaired) electrons. The Morgan fingerprint density at radius 2 is 1.95 bits per heavy atom. The van der Waals surface area contributed by atoms with E-state index in [0.717, 1.165) is 17.9 Å². The maximum absolute atomic E-state index is 6.40. The number of para-hydroxylation sites is 1. The van der Waals surface area contributed by atoms with Crippen LogP contribution in [0.15, 0.2) is 18.2 Å². The van der Waals surface area contributed by atoms with Crippen molar-refractivity contribution in [1.82, 2.24) is 14.5 Å². The molecule has 0 bridgehead atoms. The highest BCUT2D eigenvalue weighted by molar-refractivity contribution is 6.20. The zero-order valence-corrected chi connectivity index (χ0v) is 13.9. The number of halogens is 1. The van der Waals surface area contributed by atoms with Gasteiger partial charge in [0, 0.05) is 12.6 Å². The fraction of sp³-hybridized carbons (Fsp3) is 0.588. The molecule has 21 heavy (non-hydrogen) atoms. The summed E-state index contributed by atoms with van der Waals surface area (Å²) < 4.78 is 2.36. The van der Waals surface area contributed by atoms with Crippen molar-refractivity contribution in [2.45, 2.75) is 45.0 Å². The summed E-state index contributed by atoms with van der Waals surface area (Å²) in [5.74, 6) is 0.993. The van der Waals surface area contributed by atoms with Gasteiger partial charge in [-0.15, -0.1) is 11.6 Å². The molecule has 0 saturated carbocycles. The van der Waals surface area contributed by atoms with Crippen LogP contribution in [0, 0.1) is 6.92 Å². The van der Waals surface area contributed by atoms with Gasteiger partial charge in [0.15, 0.2) is 0 Å². The Morgan fingerprint density at radius 3 is 2.62 bits per heavy atom. The molecule has 1 saturated heterocycles. The van der Waals surface area contributed by atoms with Gasteiger partial charge < -0.3 is 9.47 Å². The first-order chi connectivity index (χ1) is 10.1. The lowest BCUT2D eigenvalue weighted by atomic mass is 10.2. The van der Waals surface area contributed by atoms with Gasteiger partial charge in [0.2, 0.25) is 0 Å². The minimum absolute atomic E-state index is 0.0715. The predicted molar refractivity (Wildman–Crippen MR) is 89.1 cm³/mol. The van der Waals surface area contributed by atoms with Gasteiger partial charge in [0.05, 0.1) is 16.4 Å². The van der Waals surface area contributed by atoms with Crippen molar-refractivity contribution in [2.24, 2.45) is 0 Å². The molecule has 0 N–H and O–H groups in total. The first-order valence-corrected chi connectivity index (χ1v) is 8.35. The molecule has 1 aromatic carbocycles. The van der Waals surface area contributed by atoms with E-state index in [1.54, 1.807) is 0 Å². The average Bonchev–Trinajstić information content (AvgIpc) is 3.05. The summed E-state index contributed by atoms with van der Waals surface area (Å²) in [5, 5.41) is -0.0715. The summed E-state index contributed by atoms with van der Waals surface area (Å²) in [7, 11) is 0. The average molecular weight is 306 g/mol. The van der Waals surface area contributed by atoms with Crippen molar-refractivity contribution in [2.75, 3.05) is 19.6 Å². The molecule has 1 aromatic heterocycles. The lowest BCUT2D eigenvalue weighted by Gasteiger charge is -2.24. The molecule has 114 valence electrons. The fourth-order valence-corrected chi connectivity index (χ4v) is 3.64. The Morgan fingerprint density at radius 1 is 1.24 bits per heavy atom. The van der Waals surface area contributed by atoms with E-state index in [-0.39, 0.29) is 5.38 Å². The number of aryl methyl sites for hydroxylation is 1. The van der Waals surface area contributed by atoms with Crippen LogP contribution in [0.25, 0.3) is 11.0 Å². The largest absolute Gasteiger partial charge is 0.322 e. The van der Waals surface area contributed by atoms with Gasteiger partial charge in [-0.2, -0.15) is 0 Å². The number of benzene rings is 1. The maximum Gasteiger partial charge on any atom is 0.128 e. The zero-order chi connectivity index (χ0) is 15.0. The number of likely N-dealkylation sites (tertiary alicyclic amines) is 1. The van der Waals surface area contributed by atoms with Crippen LogP contribution < -0.4 is 0 Å². The number of hydrogen-bond donors (Lipinski definition) is 0. The van der Waals surface area contributed by atoms with Gasteiger partial charge in [-0.25, -0.2) is 4.98 Å². The number of rotatable bonds is 4. The second-order valence-corrected chi connectivity index (χ2v) is 6.91. The number of fused-ring (bicyclic) bond motifs is 1. The summed E-state index contributed by atoms with van der Waals surface area (Å²) >= 11 is 6.40. The zero-order valence-electron chi connectivity index (χ0n) is 13.1. The van der Waals surface area contributed by atoms with Gasteiger partial charge in [0.1, 0.15) is 5.82 Å². The topological polar surface area (TPSA) is 21.1 Å². The molecule has 1 aliphatic rings. The number of aromatic nitrogens is 2. The van der Waals surface area contributed by atoms with Crippen LogP contribution in [-0.4, -0.2) is 34.1 Å². The highest BCUT2D eigenvalue weighted by Crippen LogP contribution is 2.30. The van der Waals surface area contributed by atoms with Crippen LogP contribution in [0.2, 0.25) is 0 Å². The molecular weight excluding hydrogens is 282 g/mol. The Bertz CT molecular complexity index is 626. The third kappa shape index (κ3) is 2.82. The normalized spacial score (nSPS) is 19.2. The minimum atomic E-state index is -0.0715. The molecule has 0 spiro atoms. The predicted octanol–water partition coefficient (Wildman–Crippen LogP) is 4.30. The lowest BCUT2D eigenvalue weighted by molar-refractivity contribution is 0.287. The maximum atomic E-state index is 6.40. The summed E-state index contributed by atoms with van der Waals surface area (Å²) in [5.41, 5.74) is 3.58.